The van der Waals surface area contributed by atoms with Gasteiger partial charge in [0.05, 0.1) is 12.3 Å². The van der Waals surface area contributed by atoms with E-state index in [-0.39, 0.29) is 12.3 Å². The number of anilines is 1. The van der Waals surface area contributed by atoms with E-state index in [1.807, 2.05) is 49.4 Å². The molecule has 5 nitrogen and oxygen atoms in total. The molecule has 2 aliphatic heterocycles. The van der Waals surface area contributed by atoms with Crippen LogP contribution in [-0.4, -0.2) is 24.8 Å². The molecule has 2 atom stereocenters. The fourth-order valence-electron chi connectivity index (χ4n) is 3.81. The Hall–Kier alpha value is -2.92. The van der Waals surface area contributed by atoms with Crippen molar-refractivity contribution in [3.05, 3.63) is 82.8 Å². The predicted octanol–water partition coefficient (Wildman–Crippen LogP) is 5.24. The summed E-state index contributed by atoms with van der Waals surface area (Å²) in [6.45, 7) is 0. The predicted molar refractivity (Wildman–Crippen MR) is 110 cm³/mol. The van der Waals surface area contributed by atoms with Crippen molar-refractivity contribution >= 4 is 23.0 Å². The Morgan fingerprint density at radius 1 is 1.11 bits per heavy atom. The zero-order valence-electron chi connectivity index (χ0n) is 15.7. The summed E-state index contributed by atoms with van der Waals surface area (Å²) in [5.74, 6) is 1.64. The van der Waals surface area contributed by atoms with Crippen LogP contribution in [-0.2, 0) is 0 Å². The molecule has 0 bridgehead atoms. The third kappa shape index (κ3) is 2.83. The van der Waals surface area contributed by atoms with Gasteiger partial charge in [0.2, 0.25) is 6.23 Å². The van der Waals surface area contributed by atoms with Gasteiger partial charge in [-0.3, -0.25) is 0 Å². The van der Waals surface area contributed by atoms with Crippen molar-refractivity contribution < 1.29 is 9.15 Å². The Bertz CT molecular complexity index is 1030. The highest BCUT2D eigenvalue weighted by Crippen LogP contribution is 2.48. The third-order valence-electron chi connectivity index (χ3n) is 5.25. The van der Waals surface area contributed by atoms with E-state index in [9.17, 15) is 0 Å². The number of halogens is 1. The molecular weight excluding hydrogens is 374 g/mol. The summed E-state index contributed by atoms with van der Waals surface area (Å²) in [5, 5.41) is 7.60. The largest absolute Gasteiger partial charge is 0.464 e. The molecule has 0 fully saturated rings. The van der Waals surface area contributed by atoms with Gasteiger partial charge in [0, 0.05) is 42.4 Å². The molecule has 1 aromatic heterocycles. The molecule has 0 spiro atoms. The molecule has 5 rings (SSSR count). The van der Waals surface area contributed by atoms with E-state index in [0.29, 0.717) is 5.02 Å². The van der Waals surface area contributed by atoms with E-state index < -0.39 is 0 Å². The third-order valence-corrected chi connectivity index (χ3v) is 5.49. The lowest BCUT2D eigenvalue weighted by Crippen LogP contribution is -2.33. The Kier molecular flexibility index (Phi) is 4.05. The van der Waals surface area contributed by atoms with Crippen LogP contribution in [0.5, 0.6) is 5.75 Å². The lowest BCUT2D eigenvalue weighted by Gasteiger charge is -2.38. The van der Waals surface area contributed by atoms with Crippen molar-refractivity contribution in [2.75, 3.05) is 19.0 Å². The van der Waals surface area contributed by atoms with Crippen LogP contribution in [0.1, 0.15) is 35.6 Å². The van der Waals surface area contributed by atoms with Crippen LogP contribution in [0.15, 0.2) is 70.4 Å². The SMILES string of the molecule is CN(C)c1ccc([C@@H]2Oc3ccc(Cl)cc3[C@@H]3CC(c4ccco4)=NN32)cc1. The molecule has 3 heterocycles. The van der Waals surface area contributed by atoms with Crippen LogP contribution in [0.25, 0.3) is 0 Å². The van der Waals surface area contributed by atoms with Crippen molar-refractivity contribution in [2.24, 2.45) is 5.10 Å². The van der Waals surface area contributed by atoms with Gasteiger partial charge in [-0.15, -0.1) is 0 Å². The molecule has 6 heteroatoms. The van der Waals surface area contributed by atoms with Crippen LogP contribution in [0.3, 0.4) is 0 Å². The smallest absolute Gasteiger partial charge is 0.213 e. The zero-order valence-corrected chi connectivity index (χ0v) is 16.4. The summed E-state index contributed by atoms with van der Waals surface area (Å²) >= 11 is 6.27. The number of nitrogens with zero attached hydrogens (tertiary/aromatic N) is 3. The van der Waals surface area contributed by atoms with E-state index in [1.165, 1.54) is 0 Å². The van der Waals surface area contributed by atoms with Crippen molar-refractivity contribution in [1.82, 2.24) is 5.01 Å². The molecule has 2 aromatic carbocycles. The molecule has 0 unspecified atom stereocenters. The minimum atomic E-state index is -0.303. The average Bonchev–Trinajstić information content (AvgIpc) is 3.37. The number of benzene rings is 2. The topological polar surface area (TPSA) is 41.2 Å². The maximum Gasteiger partial charge on any atom is 0.213 e. The molecule has 0 aliphatic carbocycles. The molecule has 0 N–H and O–H groups in total. The Balaban J connectivity index is 1.57. The van der Waals surface area contributed by atoms with Gasteiger partial charge in [0.15, 0.2) is 0 Å². The first kappa shape index (κ1) is 17.2. The van der Waals surface area contributed by atoms with Crippen LogP contribution in [0.4, 0.5) is 5.69 Å². The lowest BCUT2D eigenvalue weighted by atomic mass is 9.97. The van der Waals surface area contributed by atoms with Gasteiger partial charge in [-0.05, 0) is 42.5 Å². The van der Waals surface area contributed by atoms with E-state index >= 15 is 0 Å². The van der Waals surface area contributed by atoms with Gasteiger partial charge in [-0.2, -0.15) is 5.10 Å². The summed E-state index contributed by atoms with van der Waals surface area (Å²) in [5.41, 5.74) is 4.17. The molecule has 142 valence electrons. The molecule has 3 aromatic rings. The summed E-state index contributed by atoms with van der Waals surface area (Å²) < 4.78 is 12.0. The highest BCUT2D eigenvalue weighted by atomic mass is 35.5. The fraction of sp³-hybridized carbons (Fsp3) is 0.227. The van der Waals surface area contributed by atoms with E-state index in [0.717, 1.165) is 40.5 Å². The fourth-order valence-corrected chi connectivity index (χ4v) is 3.99. The molecule has 2 aliphatic rings. The standard InChI is InChI=1S/C22H20ClN3O2/c1-25(2)16-8-5-14(6-9-16)22-26-19(13-18(24-26)21-4-3-11-27-21)17-12-15(23)7-10-20(17)28-22/h3-12,19,22H,13H2,1-2H3/t19-,22-/m0/s1. The van der Waals surface area contributed by atoms with Crippen molar-refractivity contribution in [1.29, 1.82) is 0 Å². The minimum absolute atomic E-state index is 0.0566. The summed E-state index contributed by atoms with van der Waals surface area (Å²) in [7, 11) is 4.06. The lowest BCUT2D eigenvalue weighted by molar-refractivity contribution is -0.0190. The summed E-state index contributed by atoms with van der Waals surface area (Å²) in [6, 6.07) is 18.0. The van der Waals surface area contributed by atoms with E-state index in [4.69, 9.17) is 25.9 Å². The highest BCUT2D eigenvalue weighted by Gasteiger charge is 2.41. The first-order valence-corrected chi connectivity index (χ1v) is 9.61. The number of rotatable bonds is 3. The highest BCUT2D eigenvalue weighted by molar-refractivity contribution is 6.30. The van der Waals surface area contributed by atoms with Gasteiger partial charge in [0.25, 0.3) is 0 Å². The van der Waals surface area contributed by atoms with E-state index in [1.54, 1.807) is 6.26 Å². The molecule has 0 saturated carbocycles. The summed E-state index contributed by atoms with van der Waals surface area (Å²) in [4.78, 5) is 2.08. The van der Waals surface area contributed by atoms with Gasteiger partial charge >= 0.3 is 0 Å². The number of hydrazone groups is 1. The number of ether oxygens (including phenoxy) is 1. The quantitative estimate of drug-likeness (QED) is 0.610. The Labute approximate surface area is 168 Å². The molecule has 28 heavy (non-hydrogen) atoms. The maximum absolute atomic E-state index is 6.37. The first-order valence-electron chi connectivity index (χ1n) is 9.23. The van der Waals surface area contributed by atoms with Crippen LogP contribution in [0, 0.1) is 0 Å². The van der Waals surface area contributed by atoms with Crippen LogP contribution < -0.4 is 9.64 Å². The van der Waals surface area contributed by atoms with Crippen molar-refractivity contribution in [3.8, 4) is 5.75 Å². The van der Waals surface area contributed by atoms with Crippen molar-refractivity contribution in [3.63, 3.8) is 0 Å². The molecular formula is C22H20ClN3O2. The number of hydrogen-bond donors (Lipinski definition) is 0. The van der Waals surface area contributed by atoms with Gasteiger partial charge in [-0.25, -0.2) is 5.01 Å². The maximum atomic E-state index is 6.37. The Morgan fingerprint density at radius 3 is 2.64 bits per heavy atom. The number of hydrogen-bond acceptors (Lipinski definition) is 5. The molecule has 0 saturated heterocycles. The van der Waals surface area contributed by atoms with E-state index in [2.05, 4.69) is 29.2 Å². The summed E-state index contributed by atoms with van der Waals surface area (Å²) in [6.07, 6.45) is 2.12. The van der Waals surface area contributed by atoms with Gasteiger partial charge < -0.3 is 14.1 Å². The average molecular weight is 394 g/mol. The van der Waals surface area contributed by atoms with Gasteiger partial charge in [0.1, 0.15) is 17.2 Å². The molecule has 0 amide bonds. The van der Waals surface area contributed by atoms with Crippen LogP contribution in [0.2, 0.25) is 5.02 Å². The second-order valence-electron chi connectivity index (χ2n) is 7.26. The number of fused-ring (bicyclic) bond motifs is 3. The zero-order chi connectivity index (χ0) is 19.3. The minimum Gasteiger partial charge on any atom is -0.464 e. The van der Waals surface area contributed by atoms with Gasteiger partial charge in [-0.1, -0.05) is 23.7 Å². The normalized spacial score (nSPS) is 20.2. The number of furan rings is 1. The van der Waals surface area contributed by atoms with Crippen LogP contribution >= 0.6 is 11.6 Å². The molecule has 0 radical (unpaired) electrons. The Morgan fingerprint density at radius 2 is 1.93 bits per heavy atom. The van der Waals surface area contributed by atoms with Crippen molar-refractivity contribution in [2.45, 2.75) is 18.7 Å². The second-order valence-corrected chi connectivity index (χ2v) is 7.70. The second kappa shape index (κ2) is 6.60. The monoisotopic (exact) mass is 393 g/mol. The first-order chi connectivity index (χ1) is 13.6.